The molecule has 0 unspecified atom stereocenters. The topological polar surface area (TPSA) is 120 Å². The second-order valence-electron chi connectivity index (χ2n) is 7.94. The molecule has 0 radical (unpaired) electrons. The Balaban J connectivity index is 1.41. The molecule has 1 aliphatic heterocycles. The highest BCUT2D eigenvalue weighted by Crippen LogP contribution is 2.32. The number of nitrogens with zero attached hydrogens (tertiary/aromatic N) is 3. The molecule has 2 heterocycles. The first-order valence-electron chi connectivity index (χ1n) is 10.6. The van der Waals surface area contributed by atoms with Crippen LogP contribution in [0.2, 0.25) is 0 Å². The molecule has 4 rings (SSSR count). The number of rotatable bonds is 7. The van der Waals surface area contributed by atoms with Gasteiger partial charge < -0.3 is 25.2 Å². The van der Waals surface area contributed by atoms with E-state index in [-0.39, 0.29) is 47.9 Å². The van der Waals surface area contributed by atoms with Crippen LogP contribution in [0.1, 0.15) is 29.6 Å². The Labute approximate surface area is 189 Å². The molecule has 3 aromatic rings. The van der Waals surface area contributed by atoms with Crippen molar-refractivity contribution in [2.24, 2.45) is 12.8 Å². The van der Waals surface area contributed by atoms with Crippen molar-refractivity contribution in [1.82, 2.24) is 14.7 Å². The monoisotopic (exact) mass is 456 g/mol. The number of likely N-dealkylation sites (tertiary alicyclic amines) is 1. The molecule has 10 heteroatoms. The van der Waals surface area contributed by atoms with Crippen LogP contribution >= 0.6 is 0 Å². The number of piperidine rings is 1. The SMILES string of the molecule is Cn1ncc2cc(C(N)=O)c(Oc3ccc(OCCC(=O)N4CCC(O)CC4)cc3F)cc21. The minimum Gasteiger partial charge on any atom is -0.493 e. The number of fused-ring (bicyclic) bond motifs is 1. The summed E-state index contributed by atoms with van der Waals surface area (Å²) in [6.07, 6.45) is 2.55. The Morgan fingerprint density at radius 2 is 1.97 bits per heavy atom. The molecule has 0 aliphatic carbocycles. The number of nitrogens with two attached hydrogens (primary N) is 1. The van der Waals surface area contributed by atoms with Gasteiger partial charge in [-0.15, -0.1) is 0 Å². The second kappa shape index (κ2) is 9.45. The van der Waals surface area contributed by atoms with Gasteiger partial charge in [0, 0.05) is 37.7 Å². The van der Waals surface area contributed by atoms with Crippen molar-refractivity contribution in [3.05, 3.63) is 47.9 Å². The fraction of sp³-hybridized carbons (Fsp3) is 0.348. The molecule has 1 saturated heterocycles. The van der Waals surface area contributed by atoms with Crippen LogP contribution < -0.4 is 15.2 Å². The van der Waals surface area contributed by atoms with E-state index in [2.05, 4.69) is 5.10 Å². The molecule has 1 fully saturated rings. The maximum absolute atomic E-state index is 14.7. The summed E-state index contributed by atoms with van der Waals surface area (Å²) in [5, 5.41) is 14.4. The zero-order valence-electron chi connectivity index (χ0n) is 18.2. The van der Waals surface area contributed by atoms with Gasteiger partial charge in [-0.05, 0) is 31.0 Å². The Morgan fingerprint density at radius 1 is 1.21 bits per heavy atom. The Bertz CT molecular complexity index is 1190. The average molecular weight is 456 g/mol. The van der Waals surface area contributed by atoms with E-state index in [4.69, 9.17) is 15.2 Å². The summed E-state index contributed by atoms with van der Waals surface area (Å²) in [5.74, 6) is -1.20. The maximum atomic E-state index is 14.7. The van der Waals surface area contributed by atoms with Crippen LogP contribution in [0.15, 0.2) is 36.5 Å². The lowest BCUT2D eigenvalue weighted by molar-refractivity contribution is -0.133. The molecule has 0 atom stereocenters. The number of benzene rings is 2. The van der Waals surface area contributed by atoms with Gasteiger partial charge in [-0.1, -0.05) is 0 Å². The maximum Gasteiger partial charge on any atom is 0.252 e. The third kappa shape index (κ3) is 5.06. The number of aliphatic hydroxyl groups excluding tert-OH is 1. The lowest BCUT2D eigenvalue weighted by Gasteiger charge is -2.29. The number of hydrogen-bond donors (Lipinski definition) is 2. The number of aryl methyl sites for hydroxylation is 1. The number of aliphatic hydroxyl groups is 1. The van der Waals surface area contributed by atoms with Gasteiger partial charge in [0.1, 0.15) is 11.5 Å². The first-order valence-corrected chi connectivity index (χ1v) is 10.6. The number of amides is 2. The molecule has 33 heavy (non-hydrogen) atoms. The van der Waals surface area contributed by atoms with Gasteiger partial charge in [0.15, 0.2) is 11.6 Å². The molecule has 174 valence electrons. The van der Waals surface area contributed by atoms with E-state index in [9.17, 15) is 19.1 Å². The summed E-state index contributed by atoms with van der Waals surface area (Å²) in [4.78, 5) is 25.8. The second-order valence-corrected chi connectivity index (χ2v) is 7.94. The molecule has 0 bridgehead atoms. The van der Waals surface area contributed by atoms with Crippen LogP contribution in [0, 0.1) is 5.82 Å². The van der Waals surface area contributed by atoms with Crippen molar-refractivity contribution >= 4 is 22.7 Å². The summed E-state index contributed by atoms with van der Waals surface area (Å²) in [7, 11) is 1.74. The average Bonchev–Trinajstić information content (AvgIpc) is 3.15. The summed E-state index contributed by atoms with van der Waals surface area (Å²) in [6.45, 7) is 1.15. The summed E-state index contributed by atoms with van der Waals surface area (Å²) < 4.78 is 27.5. The molecule has 9 nitrogen and oxygen atoms in total. The quantitative estimate of drug-likeness (QED) is 0.563. The predicted octanol–water partition coefficient (Wildman–Crippen LogP) is 2.36. The van der Waals surface area contributed by atoms with Crippen LogP contribution in [0.3, 0.4) is 0 Å². The van der Waals surface area contributed by atoms with Gasteiger partial charge >= 0.3 is 0 Å². The fourth-order valence-electron chi connectivity index (χ4n) is 3.76. The zero-order chi connectivity index (χ0) is 23.5. The number of carbonyl (C=O) groups is 2. The minimum absolute atomic E-state index is 0.0631. The minimum atomic E-state index is -0.705. The fourth-order valence-corrected chi connectivity index (χ4v) is 3.76. The van der Waals surface area contributed by atoms with Crippen molar-refractivity contribution < 1.29 is 28.6 Å². The Hall–Kier alpha value is -3.66. The summed E-state index contributed by atoms with van der Waals surface area (Å²) in [6, 6.07) is 7.19. The van der Waals surface area contributed by atoms with Gasteiger partial charge in [-0.25, -0.2) is 4.39 Å². The van der Waals surface area contributed by atoms with Crippen molar-refractivity contribution in [2.45, 2.75) is 25.4 Å². The lowest BCUT2D eigenvalue weighted by Crippen LogP contribution is -2.40. The zero-order valence-corrected chi connectivity index (χ0v) is 18.2. The molecule has 1 aliphatic rings. The highest BCUT2D eigenvalue weighted by atomic mass is 19.1. The van der Waals surface area contributed by atoms with E-state index in [0.29, 0.717) is 36.8 Å². The molecular weight excluding hydrogens is 431 g/mol. The lowest BCUT2D eigenvalue weighted by atomic mass is 10.1. The number of primary amides is 1. The van der Waals surface area contributed by atoms with E-state index in [1.54, 1.807) is 35.0 Å². The van der Waals surface area contributed by atoms with Crippen LogP contribution in [-0.4, -0.2) is 57.4 Å². The van der Waals surface area contributed by atoms with Crippen LogP contribution in [0.25, 0.3) is 10.9 Å². The predicted molar refractivity (Wildman–Crippen MR) is 118 cm³/mol. The van der Waals surface area contributed by atoms with Gasteiger partial charge in [0.25, 0.3) is 5.91 Å². The van der Waals surface area contributed by atoms with E-state index in [1.807, 2.05) is 0 Å². The number of ether oxygens (including phenoxy) is 2. The normalized spacial score (nSPS) is 14.5. The summed E-state index contributed by atoms with van der Waals surface area (Å²) in [5.41, 5.74) is 6.27. The van der Waals surface area contributed by atoms with Gasteiger partial charge in [0.2, 0.25) is 5.91 Å². The first kappa shape index (κ1) is 22.5. The number of aromatic nitrogens is 2. The Morgan fingerprint density at radius 3 is 2.67 bits per heavy atom. The summed E-state index contributed by atoms with van der Waals surface area (Å²) >= 11 is 0. The van der Waals surface area contributed by atoms with E-state index in [1.165, 1.54) is 12.1 Å². The van der Waals surface area contributed by atoms with Crippen LogP contribution in [-0.2, 0) is 11.8 Å². The molecule has 0 spiro atoms. The number of hydrogen-bond acceptors (Lipinski definition) is 6. The van der Waals surface area contributed by atoms with Gasteiger partial charge in [-0.2, -0.15) is 5.10 Å². The molecule has 1 aromatic heterocycles. The van der Waals surface area contributed by atoms with Gasteiger partial charge in [-0.3, -0.25) is 14.3 Å². The number of halogens is 1. The molecule has 2 aromatic carbocycles. The van der Waals surface area contributed by atoms with Crippen molar-refractivity contribution in [1.29, 1.82) is 0 Å². The first-order chi connectivity index (χ1) is 15.8. The molecule has 0 saturated carbocycles. The largest absolute Gasteiger partial charge is 0.493 e. The van der Waals surface area contributed by atoms with Crippen LogP contribution in [0.5, 0.6) is 17.2 Å². The standard InChI is InChI=1S/C23H25FN4O5/c1-27-19-12-21(17(23(25)31)10-14(19)13-26-27)33-20-3-2-16(11-18(20)24)32-9-6-22(30)28-7-4-15(29)5-8-28/h2-3,10-13,15,29H,4-9H2,1H3,(H2,25,31). The highest BCUT2D eigenvalue weighted by Gasteiger charge is 2.21. The van der Waals surface area contributed by atoms with E-state index in [0.717, 1.165) is 6.07 Å². The van der Waals surface area contributed by atoms with E-state index >= 15 is 0 Å². The van der Waals surface area contributed by atoms with Crippen molar-refractivity contribution in [2.75, 3.05) is 19.7 Å². The molecule has 3 N–H and O–H groups in total. The molecular formula is C23H25FN4O5. The van der Waals surface area contributed by atoms with Gasteiger partial charge in [0.05, 0.1) is 36.4 Å². The Kier molecular flexibility index (Phi) is 6.45. The van der Waals surface area contributed by atoms with Crippen molar-refractivity contribution in [3.63, 3.8) is 0 Å². The smallest absolute Gasteiger partial charge is 0.252 e. The third-order valence-electron chi connectivity index (χ3n) is 5.64. The van der Waals surface area contributed by atoms with Crippen molar-refractivity contribution in [3.8, 4) is 17.2 Å². The highest BCUT2D eigenvalue weighted by molar-refractivity contribution is 6.00. The third-order valence-corrected chi connectivity index (χ3v) is 5.64. The molecule has 2 amide bonds. The van der Waals surface area contributed by atoms with E-state index < -0.39 is 11.7 Å². The van der Waals surface area contributed by atoms with Crippen LogP contribution in [0.4, 0.5) is 4.39 Å². The number of carbonyl (C=O) groups excluding carboxylic acids is 2.